The van der Waals surface area contributed by atoms with Gasteiger partial charge < -0.3 is 10.5 Å². The Morgan fingerprint density at radius 2 is 2.06 bits per heavy atom. The number of hydrogen-bond donors (Lipinski definition) is 1. The summed E-state index contributed by atoms with van der Waals surface area (Å²) in [6.45, 7) is 6.97. The van der Waals surface area contributed by atoms with Crippen LogP contribution in [-0.4, -0.2) is 6.10 Å². The van der Waals surface area contributed by atoms with Crippen LogP contribution in [0.25, 0.3) is 0 Å². The first-order chi connectivity index (χ1) is 8.35. The van der Waals surface area contributed by atoms with Gasteiger partial charge in [-0.2, -0.15) is 0 Å². The van der Waals surface area contributed by atoms with Crippen molar-refractivity contribution in [3.8, 4) is 5.75 Å². The zero-order valence-corrected chi connectivity index (χ0v) is 13.5. The summed E-state index contributed by atoms with van der Waals surface area (Å²) in [4.78, 5) is 0. The van der Waals surface area contributed by atoms with Gasteiger partial charge in [0.2, 0.25) is 0 Å². The van der Waals surface area contributed by atoms with Crippen molar-refractivity contribution in [3.63, 3.8) is 0 Å². The number of benzene rings is 1. The predicted octanol–water partition coefficient (Wildman–Crippen LogP) is 4.47. The molecule has 1 aromatic rings. The minimum absolute atomic E-state index is 0.297. The summed E-state index contributed by atoms with van der Waals surface area (Å²) in [5, 5.41) is 0. The lowest BCUT2D eigenvalue weighted by Gasteiger charge is -2.39. The summed E-state index contributed by atoms with van der Waals surface area (Å²) in [6, 6.07) is 6.00. The highest BCUT2D eigenvalue weighted by Crippen LogP contribution is 2.40. The average Bonchev–Trinajstić information content (AvgIpc) is 2.19. The van der Waals surface area contributed by atoms with Crippen LogP contribution >= 0.6 is 22.6 Å². The van der Waals surface area contributed by atoms with Gasteiger partial charge in [-0.15, -0.1) is 0 Å². The molecule has 0 spiro atoms. The van der Waals surface area contributed by atoms with Crippen LogP contribution in [-0.2, 0) is 0 Å². The van der Waals surface area contributed by atoms with Crippen molar-refractivity contribution in [1.29, 1.82) is 0 Å². The van der Waals surface area contributed by atoms with Gasteiger partial charge in [0.25, 0.3) is 0 Å². The molecule has 100 valence electrons. The topological polar surface area (TPSA) is 35.2 Å². The molecule has 2 rings (SSSR count). The lowest BCUT2D eigenvalue weighted by molar-refractivity contribution is 0.0567. The highest BCUT2D eigenvalue weighted by Gasteiger charge is 2.33. The first-order valence-electron chi connectivity index (χ1n) is 6.57. The Morgan fingerprint density at radius 1 is 1.33 bits per heavy atom. The molecule has 2 unspecified atom stereocenters. The van der Waals surface area contributed by atoms with Crippen LogP contribution < -0.4 is 10.5 Å². The molecule has 1 aliphatic rings. The van der Waals surface area contributed by atoms with Crippen molar-refractivity contribution in [3.05, 3.63) is 21.8 Å². The molecule has 1 aliphatic carbocycles. The SMILES string of the molecule is CC1CC(Oc2ccc(I)cc2N)CC(C)(C)C1. The molecular weight excluding hydrogens is 337 g/mol. The van der Waals surface area contributed by atoms with Gasteiger partial charge in [0.15, 0.2) is 0 Å². The summed E-state index contributed by atoms with van der Waals surface area (Å²) < 4.78 is 7.27. The molecule has 0 bridgehead atoms. The van der Waals surface area contributed by atoms with E-state index in [1.165, 1.54) is 6.42 Å². The van der Waals surface area contributed by atoms with Crippen molar-refractivity contribution in [2.45, 2.75) is 46.1 Å². The molecule has 3 heteroatoms. The van der Waals surface area contributed by atoms with E-state index in [0.717, 1.165) is 33.8 Å². The Bertz CT molecular complexity index is 431. The van der Waals surface area contributed by atoms with Crippen LogP contribution in [0, 0.1) is 14.9 Å². The van der Waals surface area contributed by atoms with Gasteiger partial charge in [-0.05, 0) is 71.4 Å². The Balaban J connectivity index is 2.09. The molecule has 2 nitrogen and oxygen atoms in total. The van der Waals surface area contributed by atoms with Crippen LogP contribution in [0.15, 0.2) is 18.2 Å². The van der Waals surface area contributed by atoms with Gasteiger partial charge in [0.1, 0.15) is 5.75 Å². The largest absolute Gasteiger partial charge is 0.488 e. The second kappa shape index (κ2) is 5.27. The molecule has 0 amide bonds. The summed E-state index contributed by atoms with van der Waals surface area (Å²) in [5.74, 6) is 1.56. The minimum atomic E-state index is 0.297. The van der Waals surface area contributed by atoms with E-state index in [1.54, 1.807) is 0 Å². The smallest absolute Gasteiger partial charge is 0.142 e. The molecule has 0 radical (unpaired) electrons. The van der Waals surface area contributed by atoms with Crippen LogP contribution in [0.3, 0.4) is 0 Å². The first-order valence-corrected chi connectivity index (χ1v) is 7.65. The maximum absolute atomic E-state index is 6.12. The predicted molar refractivity (Wildman–Crippen MR) is 84.8 cm³/mol. The zero-order valence-electron chi connectivity index (χ0n) is 11.4. The van der Waals surface area contributed by atoms with Gasteiger partial charge >= 0.3 is 0 Å². The van der Waals surface area contributed by atoms with E-state index in [0.29, 0.717) is 11.5 Å². The molecule has 2 atom stereocenters. The molecule has 1 saturated carbocycles. The van der Waals surface area contributed by atoms with Crippen molar-refractivity contribution in [1.82, 2.24) is 0 Å². The number of nitrogen functional groups attached to an aromatic ring is 1. The third-order valence-electron chi connectivity index (χ3n) is 3.61. The third kappa shape index (κ3) is 3.53. The Hall–Kier alpha value is -0.450. The van der Waals surface area contributed by atoms with E-state index < -0.39 is 0 Å². The quantitative estimate of drug-likeness (QED) is 0.625. The zero-order chi connectivity index (χ0) is 13.3. The lowest BCUT2D eigenvalue weighted by atomic mass is 9.71. The molecule has 1 fully saturated rings. The maximum Gasteiger partial charge on any atom is 0.142 e. The Morgan fingerprint density at radius 3 is 2.67 bits per heavy atom. The fourth-order valence-corrected chi connectivity index (χ4v) is 3.67. The first kappa shape index (κ1) is 14.0. The monoisotopic (exact) mass is 359 g/mol. The summed E-state index contributed by atoms with van der Waals surface area (Å²) in [5.41, 5.74) is 7.13. The second-order valence-corrected chi connectivity index (χ2v) is 7.58. The molecular formula is C15H22INO. The molecule has 18 heavy (non-hydrogen) atoms. The highest BCUT2D eigenvalue weighted by atomic mass is 127. The van der Waals surface area contributed by atoms with Crippen molar-refractivity contribution >= 4 is 28.3 Å². The van der Waals surface area contributed by atoms with E-state index in [1.807, 2.05) is 18.2 Å². The van der Waals surface area contributed by atoms with Gasteiger partial charge in [0, 0.05) is 3.57 Å². The fraction of sp³-hybridized carbons (Fsp3) is 0.600. The number of hydrogen-bond acceptors (Lipinski definition) is 2. The summed E-state index contributed by atoms with van der Waals surface area (Å²) in [6.07, 6.45) is 3.83. The van der Waals surface area contributed by atoms with E-state index >= 15 is 0 Å². The Labute approximate surface area is 123 Å². The van der Waals surface area contributed by atoms with Gasteiger partial charge in [-0.25, -0.2) is 0 Å². The standard InChI is InChI=1S/C15H22INO/c1-10-6-12(9-15(2,3)8-10)18-14-5-4-11(16)7-13(14)17/h4-5,7,10,12H,6,8-9,17H2,1-3H3. The molecule has 2 N–H and O–H groups in total. The van der Waals surface area contributed by atoms with Crippen LogP contribution in [0.1, 0.15) is 40.0 Å². The second-order valence-electron chi connectivity index (χ2n) is 6.34. The molecule has 0 aliphatic heterocycles. The lowest BCUT2D eigenvalue weighted by Crippen LogP contribution is -2.34. The fourth-order valence-electron chi connectivity index (χ4n) is 3.15. The van der Waals surface area contributed by atoms with E-state index in [4.69, 9.17) is 10.5 Å². The van der Waals surface area contributed by atoms with Crippen molar-refractivity contribution in [2.24, 2.45) is 11.3 Å². The highest BCUT2D eigenvalue weighted by molar-refractivity contribution is 14.1. The normalized spacial score (nSPS) is 26.9. The molecule has 0 aromatic heterocycles. The molecule has 1 aromatic carbocycles. The van der Waals surface area contributed by atoms with Crippen molar-refractivity contribution < 1.29 is 4.74 Å². The summed E-state index contributed by atoms with van der Waals surface area (Å²) >= 11 is 2.27. The third-order valence-corrected chi connectivity index (χ3v) is 4.28. The van der Waals surface area contributed by atoms with Crippen LogP contribution in [0.5, 0.6) is 5.75 Å². The van der Waals surface area contributed by atoms with E-state index in [-0.39, 0.29) is 0 Å². The Kier molecular flexibility index (Phi) is 4.09. The average molecular weight is 359 g/mol. The van der Waals surface area contributed by atoms with Crippen LogP contribution in [0.2, 0.25) is 0 Å². The van der Waals surface area contributed by atoms with Gasteiger partial charge in [-0.1, -0.05) is 20.8 Å². The number of halogens is 1. The minimum Gasteiger partial charge on any atom is -0.488 e. The number of ether oxygens (including phenoxy) is 1. The molecule has 0 saturated heterocycles. The van der Waals surface area contributed by atoms with E-state index in [2.05, 4.69) is 43.4 Å². The van der Waals surface area contributed by atoms with Crippen molar-refractivity contribution in [2.75, 3.05) is 5.73 Å². The molecule has 0 heterocycles. The van der Waals surface area contributed by atoms with Crippen LogP contribution in [0.4, 0.5) is 5.69 Å². The number of anilines is 1. The summed E-state index contributed by atoms with van der Waals surface area (Å²) in [7, 11) is 0. The van der Waals surface area contributed by atoms with E-state index in [9.17, 15) is 0 Å². The number of nitrogens with two attached hydrogens (primary N) is 1. The maximum atomic E-state index is 6.12. The number of rotatable bonds is 2. The van der Waals surface area contributed by atoms with Gasteiger partial charge in [0.05, 0.1) is 11.8 Å². The van der Waals surface area contributed by atoms with Gasteiger partial charge in [-0.3, -0.25) is 0 Å².